The number of piperidine rings is 2. The predicted octanol–water partition coefficient (Wildman–Crippen LogP) is 3.97. The maximum absolute atomic E-state index is 14.0. The fourth-order valence-electron chi connectivity index (χ4n) is 4.19. The average molecular weight is 576 g/mol. The number of carbonyl (C=O) groups is 3. The van der Waals surface area contributed by atoms with Crippen molar-refractivity contribution >= 4 is 17.8 Å². The smallest absolute Gasteiger partial charge is 0.475 e. The van der Waals surface area contributed by atoms with Gasteiger partial charge in [0.2, 0.25) is 0 Å². The van der Waals surface area contributed by atoms with E-state index in [1.165, 1.54) is 12.5 Å². The fraction of sp³-hybridized carbons (Fsp3) is 0.625. The maximum atomic E-state index is 14.0. The lowest BCUT2D eigenvalue weighted by molar-refractivity contribution is -0.193. The Morgan fingerprint density at radius 1 is 0.897 bits per heavy atom. The molecule has 1 spiro atoms. The molecule has 2 saturated heterocycles. The van der Waals surface area contributed by atoms with Crippen LogP contribution in [0.2, 0.25) is 0 Å². The molecular formula is C24H32F7N3O5. The van der Waals surface area contributed by atoms with Gasteiger partial charge in [0.05, 0.1) is 5.56 Å². The van der Waals surface area contributed by atoms with Crippen LogP contribution in [-0.2, 0) is 9.59 Å². The van der Waals surface area contributed by atoms with Crippen molar-refractivity contribution in [1.82, 2.24) is 14.7 Å². The van der Waals surface area contributed by atoms with E-state index in [-0.39, 0.29) is 16.9 Å². The van der Waals surface area contributed by atoms with Crippen LogP contribution in [0.4, 0.5) is 30.7 Å². The Balaban J connectivity index is 0.000000449. The molecule has 8 nitrogen and oxygen atoms in total. The minimum absolute atomic E-state index is 0.146. The largest absolute Gasteiger partial charge is 0.490 e. The molecule has 2 fully saturated rings. The first-order valence-electron chi connectivity index (χ1n) is 11.9. The van der Waals surface area contributed by atoms with Crippen molar-refractivity contribution in [2.24, 2.45) is 5.41 Å². The number of likely N-dealkylation sites (N-methyl/N-ethyl adjacent to an activating group) is 1. The zero-order valence-electron chi connectivity index (χ0n) is 21.5. The molecule has 1 amide bonds. The molecule has 0 saturated carbocycles. The molecule has 1 aromatic rings. The van der Waals surface area contributed by atoms with Gasteiger partial charge in [-0.3, -0.25) is 4.79 Å². The van der Waals surface area contributed by atoms with Crippen molar-refractivity contribution in [2.45, 2.75) is 38.0 Å². The Morgan fingerprint density at radius 2 is 1.38 bits per heavy atom. The van der Waals surface area contributed by atoms with Crippen LogP contribution in [0.3, 0.4) is 0 Å². The van der Waals surface area contributed by atoms with E-state index in [1.54, 1.807) is 18.2 Å². The molecular weight excluding hydrogens is 543 g/mol. The third kappa shape index (κ3) is 11.8. The number of alkyl halides is 6. The van der Waals surface area contributed by atoms with Gasteiger partial charge >= 0.3 is 24.3 Å². The average Bonchev–Trinajstić information content (AvgIpc) is 2.83. The third-order valence-electron chi connectivity index (χ3n) is 6.32. The van der Waals surface area contributed by atoms with Gasteiger partial charge in [-0.2, -0.15) is 26.3 Å². The molecule has 1 aromatic carbocycles. The van der Waals surface area contributed by atoms with Crippen LogP contribution >= 0.6 is 0 Å². The quantitative estimate of drug-likeness (QED) is 0.524. The van der Waals surface area contributed by atoms with Gasteiger partial charge in [-0.05, 0) is 70.4 Å². The van der Waals surface area contributed by atoms with Gasteiger partial charge in [0.1, 0.15) is 5.82 Å². The van der Waals surface area contributed by atoms with Crippen LogP contribution in [0.15, 0.2) is 24.3 Å². The number of carboxylic acids is 2. The van der Waals surface area contributed by atoms with Crippen LogP contribution in [-0.4, -0.2) is 108 Å². The highest BCUT2D eigenvalue weighted by molar-refractivity contribution is 5.94. The van der Waals surface area contributed by atoms with E-state index in [2.05, 4.69) is 23.9 Å². The molecule has 15 heteroatoms. The molecule has 2 heterocycles. The molecule has 39 heavy (non-hydrogen) atoms. The Kier molecular flexibility index (Phi) is 12.6. The summed E-state index contributed by atoms with van der Waals surface area (Å²) in [4.78, 5) is 37.2. The second-order valence-electron chi connectivity index (χ2n) is 9.56. The summed E-state index contributed by atoms with van der Waals surface area (Å²) in [6, 6.07) is 6.34. The fourth-order valence-corrected chi connectivity index (χ4v) is 4.19. The summed E-state index contributed by atoms with van der Waals surface area (Å²) in [6.45, 7) is 5.94. The third-order valence-corrected chi connectivity index (χ3v) is 6.32. The van der Waals surface area contributed by atoms with Gasteiger partial charge < -0.3 is 24.9 Å². The second kappa shape index (κ2) is 14.4. The minimum Gasteiger partial charge on any atom is -0.475 e. The van der Waals surface area contributed by atoms with E-state index >= 15 is 0 Å². The van der Waals surface area contributed by atoms with Crippen LogP contribution in [0, 0.1) is 11.2 Å². The lowest BCUT2D eigenvalue weighted by Gasteiger charge is -2.47. The summed E-state index contributed by atoms with van der Waals surface area (Å²) in [6.07, 6.45) is -5.67. The number of hydrogen-bond acceptors (Lipinski definition) is 5. The van der Waals surface area contributed by atoms with Crippen LogP contribution < -0.4 is 0 Å². The van der Waals surface area contributed by atoms with E-state index in [1.807, 2.05) is 4.90 Å². The molecule has 222 valence electrons. The molecule has 0 atom stereocenters. The number of nitrogens with zero attached hydrogens (tertiary/aromatic N) is 3. The minimum atomic E-state index is -5.08. The lowest BCUT2D eigenvalue weighted by Crippen LogP contribution is -2.51. The van der Waals surface area contributed by atoms with E-state index in [4.69, 9.17) is 19.8 Å². The van der Waals surface area contributed by atoms with Gasteiger partial charge in [-0.25, -0.2) is 14.0 Å². The number of benzene rings is 1. The molecule has 0 aromatic heterocycles. The number of rotatable bonds is 4. The summed E-state index contributed by atoms with van der Waals surface area (Å²) < 4.78 is 77.4. The van der Waals surface area contributed by atoms with E-state index in [0.29, 0.717) is 0 Å². The van der Waals surface area contributed by atoms with E-state index in [9.17, 15) is 35.5 Å². The molecule has 2 aliphatic heterocycles. The Morgan fingerprint density at radius 3 is 1.82 bits per heavy atom. The number of amides is 1. The normalized spacial score (nSPS) is 17.5. The summed E-state index contributed by atoms with van der Waals surface area (Å²) in [5.74, 6) is -6.07. The van der Waals surface area contributed by atoms with Crippen molar-refractivity contribution < 1.29 is 55.3 Å². The van der Waals surface area contributed by atoms with Crippen molar-refractivity contribution in [2.75, 3.05) is 53.4 Å². The summed E-state index contributed by atoms with van der Waals surface area (Å²) in [5.41, 5.74) is 0.441. The topological polar surface area (TPSA) is 101 Å². The molecule has 3 rings (SSSR count). The first-order valence-corrected chi connectivity index (χ1v) is 11.9. The monoisotopic (exact) mass is 575 g/mol. The maximum Gasteiger partial charge on any atom is 0.490 e. The Labute approximate surface area is 221 Å². The SMILES string of the molecule is CN(C)CCN1CCC2(CCCN(C(=O)c3ccccc3F)C2)CC1.O=C(O)C(F)(F)F.O=C(O)C(F)(F)F. The van der Waals surface area contributed by atoms with Gasteiger partial charge in [-0.1, -0.05) is 12.1 Å². The Hall–Kier alpha value is -2.94. The van der Waals surface area contributed by atoms with Crippen molar-refractivity contribution in [3.05, 3.63) is 35.6 Å². The number of aliphatic carboxylic acids is 2. The second-order valence-corrected chi connectivity index (χ2v) is 9.56. The highest BCUT2D eigenvalue weighted by Crippen LogP contribution is 2.40. The number of halogens is 7. The Bertz CT molecular complexity index is 938. The molecule has 2 aliphatic rings. The highest BCUT2D eigenvalue weighted by Gasteiger charge is 2.40. The summed E-state index contributed by atoms with van der Waals surface area (Å²) >= 11 is 0. The first kappa shape index (κ1) is 34.1. The number of likely N-dealkylation sites (tertiary alicyclic amines) is 2. The summed E-state index contributed by atoms with van der Waals surface area (Å²) in [5, 5.41) is 14.2. The van der Waals surface area contributed by atoms with Gasteiger partial charge in [-0.15, -0.1) is 0 Å². The van der Waals surface area contributed by atoms with Crippen molar-refractivity contribution in [1.29, 1.82) is 0 Å². The summed E-state index contributed by atoms with van der Waals surface area (Å²) in [7, 11) is 4.22. The number of carboxylic acid groups (broad SMARTS) is 2. The first-order chi connectivity index (χ1) is 17.9. The zero-order valence-corrected chi connectivity index (χ0v) is 21.5. The standard InChI is InChI=1S/C20H30FN3O.2C2HF3O2/c1-22(2)14-15-23-12-9-20(10-13-23)8-5-11-24(16-20)19(25)17-6-3-4-7-18(17)21;2*3-2(4,5)1(6)7/h3-4,6-7H,5,8-16H2,1-2H3;2*(H,6,7). The van der Waals surface area contributed by atoms with Crippen LogP contribution in [0.25, 0.3) is 0 Å². The predicted molar refractivity (Wildman–Crippen MR) is 126 cm³/mol. The zero-order chi connectivity index (χ0) is 30.0. The molecule has 0 unspecified atom stereocenters. The van der Waals surface area contributed by atoms with Crippen molar-refractivity contribution in [3.63, 3.8) is 0 Å². The van der Waals surface area contributed by atoms with Crippen LogP contribution in [0.1, 0.15) is 36.0 Å². The van der Waals surface area contributed by atoms with Crippen LogP contribution in [0.5, 0.6) is 0 Å². The van der Waals surface area contributed by atoms with Gasteiger partial charge in [0, 0.05) is 26.2 Å². The van der Waals surface area contributed by atoms with Gasteiger partial charge in [0.15, 0.2) is 0 Å². The number of hydrogen-bond donors (Lipinski definition) is 2. The number of carbonyl (C=O) groups excluding carboxylic acids is 1. The molecule has 0 bridgehead atoms. The lowest BCUT2D eigenvalue weighted by atomic mass is 9.72. The molecule has 2 N–H and O–H groups in total. The molecule has 0 aliphatic carbocycles. The van der Waals surface area contributed by atoms with E-state index < -0.39 is 30.1 Å². The van der Waals surface area contributed by atoms with Gasteiger partial charge in [0.25, 0.3) is 5.91 Å². The molecule has 0 radical (unpaired) electrons. The van der Waals surface area contributed by atoms with Crippen molar-refractivity contribution in [3.8, 4) is 0 Å². The van der Waals surface area contributed by atoms with E-state index in [0.717, 1.165) is 58.5 Å². The highest BCUT2D eigenvalue weighted by atomic mass is 19.4.